The lowest BCUT2D eigenvalue weighted by molar-refractivity contribution is -0.123. The summed E-state index contributed by atoms with van der Waals surface area (Å²) in [5, 5.41) is 4.33. The molecular weight excluding hydrogens is 451 g/mol. The van der Waals surface area contributed by atoms with E-state index < -0.39 is 34.6 Å². The van der Waals surface area contributed by atoms with E-state index in [1.807, 2.05) is 0 Å². The third-order valence-electron chi connectivity index (χ3n) is 4.58. The molecule has 2 N–H and O–H groups in total. The lowest BCUT2D eigenvalue weighted by Gasteiger charge is -2.26. The molecule has 12 heteroatoms. The highest BCUT2D eigenvalue weighted by Crippen LogP contribution is 2.19. The molecule has 1 saturated heterocycles. The van der Waals surface area contributed by atoms with E-state index in [9.17, 15) is 31.2 Å². The topological polar surface area (TPSA) is 105 Å². The van der Waals surface area contributed by atoms with E-state index in [2.05, 4.69) is 5.32 Å². The molecule has 0 bridgehead atoms. The Morgan fingerprint density at radius 1 is 0.906 bits per heavy atom. The number of halogens is 3. The van der Waals surface area contributed by atoms with Crippen LogP contribution in [0.1, 0.15) is 20.7 Å². The first-order valence-electron chi connectivity index (χ1n) is 9.50. The summed E-state index contributed by atoms with van der Waals surface area (Å²) in [4.78, 5) is 24.2. The van der Waals surface area contributed by atoms with Crippen molar-refractivity contribution in [3.8, 4) is 0 Å². The maximum atomic E-state index is 12.6. The molecule has 2 aromatic rings. The van der Waals surface area contributed by atoms with Crippen LogP contribution in [0, 0.1) is 0 Å². The van der Waals surface area contributed by atoms with E-state index in [0.29, 0.717) is 18.9 Å². The number of anilines is 1. The largest absolute Gasteiger partial charge is 0.405 e. The van der Waals surface area contributed by atoms with E-state index in [-0.39, 0.29) is 29.1 Å². The average molecular weight is 471 g/mol. The van der Waals surface area contributed by atoms with Gasteiger partial charge in [0.25, 0.3) is 11.8 Å². The van der Waals surface area contributed by atoms with Gasteiger partial charge in [0.2, 0.25) is 10.0 Å². The van der Waals surface area contributed by atoms with E-state index >= 15 is 0 Å². The third-order valence-corrected chi connectivity index (χ3v) is 6.49. The molecule has 0 saturated carbocycles. The van der Waals surface area contributed by atoms with Crippen molar-refractivity contribution in [2.24, 2.45) is 0 Å². The quantitative estimate of drug-likeness (QED) is 0.673. The fourth-order valence-corrected chi connectivity index (χ4v) is 4.31. The molecule has 0 atom stereocenters. The minimum absolute atomic E-state index is 0.00456. The number of ether oxygens (including phenoxy) is 1. The fourth-order valence-electron chi connectivity index (χ4n) is 2.91. The molecule has 0 aromatic heterocycles. The van der Waals surface area contributed by atoms with Gasteiger partial charge in [0, 0.05) is 29.9 Å². The number of rotatable bonds is 6. The Balaban J connectivity index is 1.61. The Kier molecular flexibility index (Phi) is 7.16. The van der Waals surface area contributed by atoms with Gasteiger partial charge in [-0.25, -0.2) is 8.42 Å². The van der Waals surface area contributed by atoms with Crippen LogP contribution in [0.5, 0.6) is 0 Å². The number of nitrogens with one attached hydrogen (secondary N) is 2. The van der Waals surface area contributed by atoms with Gasteiger partial charge in [-0.3, -0.25) is 9.59 Å². The van der Waals surface area contributed by atoms with Gasteiger partial charge in [-0.05, 0) is 48.5 Å². The normalized spacial score (nSPS) is 15.2. The highest BCUT2D eigenvalue weighted by molar-refractivity contribution is 7.89. The van der Waals surface area contributed by atoms with E-state index in [1.54, 1.807) is 5.32 Å². The smallest absolute Gasteiger partial charge is 0.379 e. The Morgan fingerprint density at radius 3 is 2.00 bits per heavy atom. The number of nitrogens with zero attached hydrogens (tertiary/aromatic N) is 1. The molecule has 1 fully saturated rings. The molecule has 3 rings (SSSR count). The lowest BCUT2D eigenvalue weighted by atomic mass is 10.1. The number of alkyl halides is 3. The second-order valence-electron chi connectivity index (χ2n) is 6.87. The van der Waals surface area contributed by atoms with Gasteiger partial charge < -0.3 is 15.4 Å². The number of carbonyl (C=O) groups is 2. The maximum Gasteiger partial charge on any atom is 0.405 e. The molecule has 172 valence electrons. The summed E-state index contributed by atoms with van der Waals surface area (Å²) in [6.07, 6.45) is -4.51. The molecule has 1 aliphatic heterocycles. The van der Waals surface area contributed by atoms with Crippen molar-refractivity contribution in [2.45, 2.75) is 11.1 Å². The third kappa shape index (κ3) is 6.05. The van der Waals surface area contributed by atoms with Crippen molar-refractivity contribution in [2.75, 3.05) is 38.2 Å². The van der Waals surface area contributed by atoms with Crippen LogP contribution in [0.3, 0.4) is 0 Å². The van der Waals surface area contributed by atoms with Crippen LogP contribution in [0.15, 0.2) is 53.4 Å². The van der Waals surface area contributed by atoms with Gasteiger partial charge in [-0.2, -0.15) is 17.5 Å². The van der Waals surface area contributed by atoms with Gasteiger partial charge in [-0.1, -0.05) is 0 Å². The minimum Gasteiger partial charge on any atom is -0.379 e. The Labute approximate surface area is 182 Å². The molecule has 0 unspecified atom stereocenters. The summed E-state index contributed by atoms with van der Waals surface area (Å²) in [5.41, 5.74) is 0.523. The fraction of sp³-hybridized carbons (Fsp3) is 0.300. The van der Waals surface area contributed by atoms with Crippen LogP contribution >= 0.6 is 0 Å². The first-order chi connectivity index (χ1) is 15.1. The van der Waals surface area contributed by atoms with Crippen LogP contribution in [0.25, 0.3) is 0 Å². The molecule has 0 radical (unpaired) electrons. The van der Waals surface area contributed by atoms with E-state index in [4.69, 9.17) is 4.74 Å². The number of carbonyl (C=O) groups excluding carboxylic acids is 2. The molecule has 2 aromatic carbocycles. The van der Waals surface area contributed by atoms with Crippen molar-refractivity contribution < 1.29 is 35.9 Å². The summed E-state index contributed by atoms with van der Waals surface area (Å²) < 4.78 is 68.3. The zero-order valence-electron chi connectivity index (χ0n) is 16.7. The van der Waals surface area contributed by atoms with Gasteiger partial charge in [0.1, 0.15) is 6.54 Å². The molecule has 2 amide bonds. The molecule has 32 heavy (non-hydrogen) atoms. The van der Waals surface area contributed by atoms with Gasteiger partial charge in [-0.15, -0.1) is 0 Å². The van der Waals surface area contributed by atoms with Crippen LogP contribution < -0.4 is 10.6 Å². The number of hydrogen-bond acceptors (Lipinski definition) is 5. The summed E-state index contributed by atoms with van der Waals surface area (Å²) in [5.74, 6) is -1.41. The Bertz CT molecular complexity index is 1070. The van der Waals surface area contributed by atoms with Crippen LogP contribution in [0.4, 0.5) is 18.9 Å². The van der Waals surface area contributed by atoms with Gasteiger partial charge >= 0.3 is 6.18 Å². The van der Waals surface area contributed by atoms with E-state index in [0.717, 1.165) is 0 Å². The van der Waals surface area contributed by atoms with Crippen molar-refractivity contribution in [1.82, 2.24) is 9.62 Å². The monoisotopic (exact) mass is 471 g/mol. The minimum atomic E-state index is -4.51. The van der Waals surface area contributed by atoms with Gasteiger partial charge in [0.05, 0.1) is 18.1 Å². The summed E-state index contributed by atoms with van der Waals surface area (Å²) in [7, 11) is -3.68. The molecule has 0 aliphatic carbocycles. The second-order valence-corrected chi connectivity index (χ2v) is 8.81. The Morgan fingerprint density at radius 2 is 1.44 bits per heavy atom. The van der Waals surface area contributed by atoms with Crippen LogP contribution in [-0.2, 0) is 14.8 Å². The number of benzene rings is 2. The molecular formula is C20H20F3N3O5S. The number of morpholine rings is 1. The standard InChI is InChI=1S/C20H20F3N3O5S/c21-20(22,23)13-24-18(27)14-1-5-16(6-2-14)25-19(28)15-3-7-17(8-4-15)32(29,30)26-9-11-31-12-10-26/h1-8H,9-13H2,(H,24,27)(H,25,28). The summed E-state index contributed by atoms with van der Waals surface area (Å²) in [6.45, 7) is -0.282. The Hall–Kier alpha value is -2.96. The van der Waals surface area contributed by atoms with Crippen LogP contribution in [-0.4, -0.2) is 63.6 Å². The van der Waals surface area contributed by atoms with Crippen molar-refractivity contribution in [3.05, 3.63) is 59.7 Å². The van der Waals surface area contributed by atoms with Gasteiger partial charge in [0.15, 0.2) is 0 Å². The molecule has 8 nitrogen and oxygen atoms in total. The highest BCUT2D eigenvalue weighted by atomic mass is 32.2. The average Bonchev–Trinajstić information content (AvgIpc) is 2.78. The predicted octanol–water partition coefficient (Wildman–Crippen LogP) is 2.25. The second kappa shape index (κ2) is 9.67. The molecule has 0 spiro atoms. The number of sulfonamides is 1. The zero-order valence-corrected chi connectivity index (χ0v) is 17.5. The first kappa shape index (κ1) is 23.7. The van der Waals surface area contributed by atoms with E-state index in [1.165, 1.54) is 52.8 Å². The van der Waals surface area contributed by atoms with Crippen LogP contribution in [0.2, 0.25) is 0 Å². The summed E-state index contributed by atoms with van der Waals surface area (Å²) >= 11 is 0. The number of hydrogen-bond donors (Lipinski definition) is 2. The summed E-state index contributed by atoms with van der Waals surface area (Å²) in [6, 6.07) is 10.7. The highest BCUT2D eigenvalue weighted by Gasteiger charge is 2.28. The molecule has 1 heterocycles. The van der Waals surface area contributed by atoms with Crippen molar-refractivity contribution in [1.29, 1.82) is 0 Å². The number of amides is 2. The maximum absolute atomic E-state index is 12.6. The lowest BCUT2D eigenvalue weighted by Crippen LogP contribution is -2.40. The zero-order chi connectivity index (χ0) is 23.4. The van der Waals surface area contributed by atoms with Crippen molar-refractivity contribution >= 4 is 27.5 Å². The first-order valence-corrected chi connectivity index (χ1v) is 10.9. The predicted molar refractivity (Wildman–Crippen MR) is 109 cm³/mol. The molecule has 1 aliphatic rings. The van der Waals surface area contributed by atoms with Crippen molar-refractivity contribution in [3.63, 3.8) is 0 Å². The SMILES string of the molecule is O=C(NCC(F)(F)F)c1ccc(NC(=O)c2ccc(S(=O)(=O)N3CCOCC3)cc2)cc1.